The van der Waals surface area contributed by atoms with Crippen LogP contribution in [-0.4, -0.2) is 27.5 Å². The average Bonchev–Trinajstić information content (AvgIpc) is 2.74. The van der Waals surface area contributed by atoms with Gasteiger partial charge >= 0.3 is 0 Å². The molecule has 31 heavy (non-hydrogen) atoms. The third-order valence-corrected chi connectivity index (χ3v) is 6.20. The average molecular weight is 439 g/mol. The van der Waals surface area contributed by atoms with Crippen molar-refractivity contribution in [3.8, 4) is 5.75 Å². The molecule has 0 radical (unpaired) electrons. The quantitative estimate of drug-likeness (QED) is 0.516. The molecule has 0 bridgehead atoms. The summed E-state index contributed by atoms with van der Waals surface area (Å²) in [5.41, 5.74) is 3.45. The fourth-order valence-corrected chi connectivity index (χ4v) is 4.06. The molecule has 0 aliphatic rings. The van der Waals surface area contributed by atoms with Gasteiger partial charge in [0, 0.05) is 5.56 Å². The molecular weight excluding hydrogens is 412 g/mol. The van der Waals surface area contributed by atoms with Crippen molar-refractivity contribution in [2.45, 2.75) is 25.7 Å². The Morgan fingerprint density at radius 1 is 0.903 bits per heavy atom. The van der Waals surface area contributed by atoms with E-state index in [2.05, 4.69) is 10.0 Å². The van der Waals surface area contributed by atoms with Gasteiger partial charge in [-0.1, -0.05) is 42.0 Å². The molecule has 0 saturated carbocycles. The number of benzene rings is 3. The minimum absolute atomic E-state index is 0.167. The Bertz CT molecular complexity index is 1170. The number of ether oxygens (including phenoxy) is 1. The molecule has 0 aromatic heterocycles. The Morgan fingerprint density at radius 2 is 1.61 bits per heavy atom. The SMILES string of the molecule is Cc1ccc(S(=O)(=O)Nc2cc(C(=O)NCCOc3ccccc3C)ccc2C)cc1. The first-order chi connectivity index (χ1) is 14.8. The highest BCUT2D eigenvalue weighted by atomic mass is 32.2. The fraction of sp³-hybridized carbons (Fsp3) is 0.208. The molecule has 6 nitrogen and oxygen atoms in total. The van der Waals surface area contributed by atoms with E-state index in [1.165, 1.54) is 0 Å². The molecular formula is C24H26N2O4S. The summed E-state index contributed by atoms with van der Waals surface area (Å²) in [6, 6.07) is 19.2. The summed E-state index contributed by atoms with van der Waals surface area (Å²) in [5, 5.41) is 2.79. The monoisotopic (exact) mass is 438 g/mol. The number of carbonyl (C=O) groups excluding carboxylic acids is 1. The van der Waals surface area contributed by atoms with E-state index in [-0.39, 0.29) is 10.8 Å². The zero-order valence-corrected chi connectivity index (χ0v) is 18.6. The number of para-hydroxylation sites is 1. The van der Waals surface area contributed by atoms with E-state index in [1.807, 2.05) is 38.1 Å². The van der Waals surface area contributed by atoms with Gasteiger partial charge in [-0.15, -0.1) is 0 Å². The van der Waals surface area contributed by atoms with E-state index in [0.717, 1.165) is 22.4 Å². The van der Waals surface area contributed by atoms with Crippen LogP contribution in [0.4, 0.5) is 5.69 Å². The number of amides is 1. The maximum Gasteiger partial charge on any atom is 0.261 e. The summed E-state index contributed by atoms with van der Waals surface area (Å²) >= 11 is 0. The summed E-state index contributed by atoms with van der Waals surface area (Å²) in [6.07, 6.45) is 0. The zero-order chi connectivity index (χ0) is 22.4. The number of carbonyl (C=O) groups is 1. The van der Waals surface area contributed by atoms with Crippen molar-refractivity contribution in [1.29, 1.82) is 0 Å². The largest absolute Gasteiger partial charge is 0.491 e. The molecule has 1 amide bonds. The molecule has 0 unspecified atom stereocenters. The van der Waals surface area contributed by atoms with Crippen LogP contribution in [0.1, 0.15) is 27.0 Å². The molecule has 162 valence electrons. The van der Waals surface area contributed by atoms with Crippen LogP contribution >= 0.6 is 0 Å². The summed E-state index contributed by atoms with van der Waals surface area (Å²) < 4.78 is 33.6. The highest BCUT2D eigenvalue weighted by Gasteiger charge is 2.16. The van der Waals surface area contributed by atoms with Crippen LogP contribution < -0.4 is 14.8 Å². The highest BCUT2D eigenvalue weighted by molar-refractivity contribution is 7.92. The number of aryl methyl sites for hydroxylation is 3. The standard InChI is InChI=1S/C24H26N2O4S/c1-17-8-12-21(13-9-17)31(28,29)26-22-16-20(11-10-18(22)2)24(27)25-14-15-30-23-7-5-4-6-19(23)3/h4-13,16,26H,14-15H2,1-3H3,(H,25,27). The predicted octanol–water partition coefficient (Wildman–Crippen LogP) is 4.22. The summed E-state index contributed by atoms with van der Waals surface area (Å²) in [7, 11) is -3.75. The molecule has 0 aliphatic heterocycles. The van der Waals surface area contributed by atoms with Gasteiger partial charge in [-0.25, -0.2) is 8.42 Å². The molecule has 3 rings (SSSR count). The Balaban J connectivity index is 1.63. The lowest BCUT2D eigenvalue weighted by molar-refractivity contribution is 0.0947. The number of sulfonamides is 1. The first-order valence-corrected chi connectivity index (χ1v) is 11.4. The number of anilines is 1. The van der Waals surface area contributed by atoms with Crippen LogP contribution in [0.2, 0.25) is 0 Å². The number of hydrogen-bond acceptors (Lipinski definition) is 4. The molecule has 3 aromatic carbocycles. The predicted molar refractivity (Wildman–Crippen MR) is 122 cm³/mol. The molecule has 0 fully saturated rings. The van der Waals surface area contributed by atoms with Crippen molar-refractivity contribution in [2.24, 2.45) is 0 Å². The third-order valence-electron chi connectivity index (χ3n) is 4.81. The van der Waals surface area contributed by atoms with Gasteiger partial charge in [0.25, 0.3) is 15.9 Å². The second-order valence-electron chi connectivity index (χ2n) is 7.32. The van der Waals surface area contributed by atoms with E-state index in [4.69, 9.17) is 4.74 Å². The molecule has 0 saturated heterocycles. The van der Waals surface area contributed by atoms with Gasteiger partial charge in [0.1, 0.15) is 12.4 Å². The van der Waals surface area contributed by atoms with E-state index < -0.39 is 10.0 Å². The minimum Gasteiger partial charge on any atom is -0.491 e. The van der Waals surface area contributed by atoms with E-state index in [9.17, 15) is 13.2 Å². The van der Waals surface area contributed by atoms with Crippen molar-refractivity contribution in [3.05, 3.63) is 89.0 Å². The lowest BCUT2D eigenvalue weighted by atomic mass is 10.1. The van der Waals surface area contributed by atoms with Gasteiger partial charge < -0.3 is 10.1 Å². The Morgan fingerprint density at radius 3 is 2.32 bits per heavy atom. The second-order valence-corrected chi connectivity index (χ2v) is 9.00. The van der Waals surface area contributed by atoms with Crippen molar-refractivity contribution in [1.82, 2.24) is 5.32 Å². The summed E-state index contributed by atoms with van der Waals surface area (Å²) in [4.78, 5) is 12.7. The van der Waals surface area contributed by atoms with E-state index >= 15 is 0 Å². The van der Waals surface area contributed by atoms with Gasteiger partial charge in [-0.3, -0.25) is 9.52 Å². The van der Waals surface area contributed by atoms with Gasteiger partial charge in [0.2, 0.25) is 0 Å². The number of nitrogens with one attached hydrogen (secondary N) is 2. The maximum atomic E-state index is 12.7. The van der Waals surface area contributed by atoms with Gasteiger partial charge in [0.05, 0.1) is 17.1 Å². The van der Waals surface area contributed by atoms with Crippen LogP contribution in [0.25, 0.3) is 0 Å². The number of rotatable bonds is 8. The van der Waals surface area contributed by atoms with Crippen molar-refractivity contribution < 1.29 is 17.9 Å². The topological polar surface area (TPSA) is 84.5 Å². The molecule has 2 N–H and O–H groups in total. The number of hydrogen-bond donors (Lipinski definition) is 2. The maximum absolute atomic E-state index is 12.7. The lowest BCUT2D eigenvalue weighted by Crippen LogP contribution is -2.28. The zero-order valence-electron chi connectivity index (χ0n) is 17.8. The van der Waals surface area contributed by atoms with Gasteiger partial charge in [-0.05, 0) is 62.2 Å². The van der Waals surface area contributed by atoms with E-state index in [1.54, 1.807) is 49.4 Å². The van der Waals surface area contributed by atoms with Crippen LogP contribution in [0.15, 0.2) is 71.6 Å². The summed E-state index contributed by atoms with van der Waals surface area (Å²) in [5.74, 6) is 0.476. The summed E-state index contributed by atoms with van der Waals surface area (Å²) in [6.45, 7) is 6.28. The molecule has 7 heteroatoms. The Labute approximate surface area is 183 Å². The molecule has 3 aromatic rings. The van der Waals surface area contributed by atoms with Crippen molar-refractivity contribution >= 4 is 21.6 Å². The first kappa shape index (κ1) is 22.4. The Hall–Kier alpha value is -3.32. The van der Waals surface area contributed by atoms with Crippen LogP contribution in [0, 0.1) is 20.8 Å². The smallest absolute Gasteiger partial charge is 0.261 e. The molecule has 0 spiro atoms. The van der Waals surface area contributed by atoms with Crippen LogP contribution in [-0.2, 0) is 10.0 Å². The van der Waals surface area contributed by atoms with E-state index in [0.29, 0.717) is 24.4 Å². The fourth-order valence-electron chi connectivity index (χ4n) is 2.94. The first-order valence-electron chi connectivity index (χ1n) is 9.93. The van der Waals surface area contributed by atoms with Gasteiger partial charge in [0.15, 0.2) is 0 Å². The van der Waals surface area contributed by atoms with Crippen LogP contribution in [0.3, 0.4) is 0 Å². The lowest BCUT2D eigenvalue weighted by Gasteiger charge is -2.13. The highest BCUT2D eigenvalue weighted by Crippen LogP contribution is 2.22. The molecule has 0 atom stereocenters. The molecule has 0 aliphatic carbocycles. The normalized spacial score (nSPS) is 11.1. The minimum atomic E-state index is -3.75. The van der Waals surface area contributed by atoms with Crippen LogP contribution in [0.5, 0.6) is 5.75 Å². The van der Waals surface area contributed by atoms with Crippen molar-refractivity contribution in [3.63, 3.8) is 0 Å². The Kier molecular flexibility index (Phi) is 6.97. The van der Waals surface area contributed by atoms with Crippen molar-refractivity contribution in [2.75, 3.05) is 17.9 Å². The van der Waals surface area contributed by atoms with Gasteiger partial charge in [-0.2, -0.15) is 0 Å². The molecule has 0 heterocycles. The third kappa shape index (κ3) is 5.86. The second kappa shape index (κ2) is 9.66.